The number of ether oxygens (including phenoxy) is 1. The number of amides is 1. The van der Waals surface area contributed by atoms with Crippen molar-refractivity contribution in [3.8, 4) is 5.75 Å². The molecule has 1 amide bonds. The third-order valence-electron chi connectivity index (χ3n) is 4.91. The van der Waals surface area contributed by atoms with E-state index in [0.29, 0.717) is 5.92 Å². The molecule has 1 fully saturated rings. The zero-order valence-corrected chi connectivity index (χ0v) is 12.9. The molecule has 0 saturated heterocycles. The first-order valence-corrected chi connectivity index (χ1v) is 8.24. The van der Waals surface area contributed by atoms with Gasteiger partial charge < -0.3 is 9.64 Å². The molecule has 0 aromatic heterocycles. The lowest BCUT2D eigenvalue weighted by atomic mass is 9.89. The van der Waals surface area contributed by atoms with Gasteiger partial charge in [0, 0.05) is 18.7 Å². The second kappa shape index (κ2) is 6.50. The third kappa shape index (κ3) is 3.22. The van der Waals surface area contributed by atoms with Crippen LogP contribution >= 0.6 is 0 Å². The molecule has 0 N–H and O–H groups in total. The van der Waals surface area contributed by atoms with Gasteiger partial charge >= 0.3 is 0 Å². The first-order chi connectivity index (χ1) is 10.3. The minimum absolute atomic E-state index is 0.218. The second-order valence-corrected chi connectivity index (χ2v) is 6.38. The predicted octanol–water partition coefficient (Wildman–Crippen LogP) is 3.66. The van der Waals surface area contributed by atoms with Crippen molar-refractivity contribution < 1.29 is 9.53 Å². The van der Waals surface area contributed by atoms with Gasteiger partial charge in [-0.25, -0.2) is 0 Å². The van der Waals surface area contributed by atoms with Crippen LogP contribution in [0.3, 0.4) is 0 Å². The van der Waals surface area contributed by atoms with Gasteiger partial charge in [0.2, 0.25) is 0 Å². The highest BCUT2D eigenvalue weighted by Crippen LogP contribution is 2.28. The van der Waals surface area contributed by atoms with Crippen LogP contribution in [-0.4, -0.2) is 31.0 Å². The molecule has 21 heavy (non-hydrogen) atoms. The molecule has 1 saturated carbocycles. The monoisotopic (exact) mass is 287 g/mol. The zero-order chi connectivity index (χ0) is 14.7. The molecule has 3 nitrogen and oxygen atoms in total. The fourth-order valence-electron chi connectivity index (χ4n) is 3.70. The minimum atomic E-state index is 0.218. The summed E-state index contributed by atoms with van der Waals surface area (Å²) in [5.74, 6) is 1.78. The molecule has 0 unspecified atom stereocenters. The number of carbonyl (C=O) groups is 1. The minimum Gasteiger partial charge on any atom is -0.497 e. The van der Waals surface area contributed by atoms with Gasteiger partial charge in [-0.15, -0.1) is 0 Å². The Kier molecular flexibility index (Phi) is 4.47. The van der Waals surface area contributed by atoms with Crippen LogP contribution in [-0.2, 0) is 6.42 Å². The van der Waals surface area contributed by atoms with Gasteiger partial charge in [-0.2, -0.15) is 0 Å². The maximum absolute atomic E-state index is 12.8. The van der Waals surface area contributed by atoms with Gasteiger partial charge in [0.25, 0.3) is 5.91 Å². The Bertz CT molecular complexity index is 506. The van der Waals surface area contributed by atoms with Crippen molar-refractivity contribution in [1.82, 2.24) is 4.90 Å². The van der Waals surface area contributed by atoms with Crippen LogP contribution in [0.5, 0.6) is 5.75 Å². The Morgan fingerprint density at radius 3 is 2.76 bits per heavy atom. The molecular weight excluding hydrogens is 262 g/mol. The normalized spacial score (nSPS) is 20.0. The van der Waals surface area contributed by atoms with Crippen LogP contribution in [0, 0.1) is 5.92 Å². The van der Waals surface area contributed by atoms with Crippen molar-refractivity contribution in [2.24, 2.45) is 5.92 Å². The number of nitrogens with zero attached hydrogens (tertiary/aromatic N) is 1. The van der Waals surface area contributed by atoms with Crippen LogP contribution in [0.4, 0.5) is 0 Å². The molecule has 1 aliphatic carbocycles. The molecule has 1 heterocycles. The molecule has 0 spiro atoms. The number of rotatable bonds is 3. The number of benzene rings is 1. The predicted molar refractivity (Wildman–Crippen MR) is 83.8 cm³/mol. The SMILES string of the molecule is COc1ccc2c(c1)CCCN(CC1CCCCC1)C2=O. The summed E-state index contributed by atoms with van der Waals surface area (Å²) >= 11 is 0. The first-order valence-electron chi connectivity index (χ1n) is 8.24. The van der Waals surface area contributed by atoms with E-state index in [1.165, 1.54) is 32.1 Å². The van der Waals surface area contributed by atoms with Crippen molar-refractivity contribution in [3.05, 3.63) is 29.3 Å². The molecular formula is C18H25NO2. The molecule has 1 aliphatic heterocycles. The van der Waals surface area contributed by atoms with Crippen LogP contribution < -0.4 is 4.74 Å². The number of carbonyl (C=O) groups excluding carboxylic acids is 1. The number of hydrogen-bond donors (Lipinski definition) is 0. The van der Waals surface area contributed by atoms with E-state index in [1.807, 2.05) is 18.2 Å². The number of hydrogen-bond acceptors (Lipinski definition) is 2. The Hall–Kier alpha value is -1.51. The average molecular weight is 287 g/mol. The van der Waals surface area contributed by atoms with Crippen LogP contribution in [0.1, 0.15) is 54.4 Å². The van der Waals surface area contributed by atoms with Gasteiger partial charge in [-0.1, -0.05) is 19.3 Å². The highest BCUT2D eigenvalue weighted by molar-refractivity contribution is 5.96. The summed E-state index contributed by atoms with van der Waals surface area (Å²) in [6.45, 7) is 1.84. The van der Waals surface area contributed by atoms with E-state index >= 15 is 0 Å². The third-order valence-corrected chi connectivity index (χ3v) is 4.91. The molecule has 3 rings (SSSR count). The van der Waals surface area contributed by atoms with Gasteiger partial charge in [0.15, 0.2) is 0 Å². The van der Waals surface area contributed by atoms with Crippen LogP contribution in [0.25, 0.3) is 0 Å². The van der Waals surface area contributed by atoms with Crippen molar-refractivity contribution in [1.29, 1.82) is 0 Å². The summed E-state index contributed by atoms with van der Waals surface area (Å²) in [5.41, 5.74) is 2.02. The van der Waals surface area contributed by atoms with E-state index < -0.39 is 0 Å². The standard InChI is InChI=1S/C18H25NO2/c1-21-16-9-10-17-15(12-16)8-5-11-19(18(17)20)13-14-6-3-2-4-7-14/h9-10,12,14H,2-8,11,13H2,1H3. The average Bonchev–Trinajstić information content (AvgIpc) is 2.68. The highest BCUT2D eigenvalue weighted by atomic mass is 16.5. The smallest absolute Gasteiger partial charge is 0.254 e. The van der Waals surface area contributed by atoms with E-state index in [9.17, 15) is 4.79 Å². The van der Waals surface area contributed by atoms with Gasteiger partial charge in [0.05, 0.1) is 7.11 Å². The molecule has 0 bridgehead atoms. The van der Waals surface area contributed by atoms with Crippen molar-refractivity contribution in [3.63, 3.8) is 0 Å². The fraction of sp³-hybridized carbons (Fsp3) is 0.611. The topological polar surface area (TPSA) is 29.5 Å². The van der Waals surface area contributed by atoms with E-state index in [4.69, 9.17) is 4.74 Å². The van der Waals surface area contributed by atoms with Gasteiger partial charge in [-0.05, 0) is 55.4 Å². The number of aryl methyl sites for hydroxylation is 1. The summed E-state index contributed by atoms with van der Waals surface area (Å²) < 4.78 is 5.28. The summed E-state index contributed by atoms with van der Waals surface area (Å²) in [5, 5.41) is 0. The summed E-state index contributed by atoms with van der Waals surface area (Å²) in [6, 6.07) is 5.87. The molecule has 3 heteroatoms. The second-order valence-electron chi connectivity index (χ2n) is 6.38. The zero-order valence-electron chi connectivity index (χ0n) is 12.9. The number of fused-ring (bicyclic) bond motifs is 1. The molecule has 1 aromatic carbocycles. The van der Waals surface area contributed by atoms with E-state index in [1.54, 1.807) is 7.11 Å². The molecule has 1 aromatic rings. The van der Waals surface area contributed by atoms with Gasteiger partial charge in [-0.3, -0.25) is 4.79 Å². The fourth-order valence-corrected chi connectivity index (χ4v) is 3.70. The quantitative estimate of drug-likeness (QED) is 0.849. The van der Waals surface area contributed by atoms with Crippen molar-refractivity contribution in [2.45, 2.75) is 44.9 Å². The molecule has 114 valence electrons. The summed E-state index contributed by atoms with van der Waals surface area (Å²) in [4.78, 5) is 14.9. The summed E-state index contributed by atoms with van der Waals surface area (Å²) in [6.07, 6.45) is 8.64. The Morgan fingerprint density at radius 2 is 2.00 bits per heavy atom. The largest absolute Gasteiger partial charge is 0.497 e. The first kappa shape index (κ1) is 14.4. The molecule has 0 atom stereocenters. The van der Waals surface area contributed by atoms with Crippen molar-refractivity contribution in [2.75, 3.05) is 20.2 Å². The van der Waals surface area contributed by atoms with E-state index in [-0.39, 0.29) is 5.91 Å². The maximum Gasteiger partial charge on any atom is 0.254 e. The van der Waals surface area contributed by atoms with E-state index in [0.717, 1.165) is 42.8 Å². The lowest BCUT2D eigenvalue weighted by molar-refractivity contribution is 0.0719. The van der Waals surface area contributed by atoms with Crippen LogP contribution in [0.2, 0.25) is 0 Å². The molecule has 2 aliphatic rings. The lowest BCUT2D eigenvalue weighted by Crippen LogP contribution is -2.36. The van der Waals surface area contributed by atoms with Crippen LogP contribution in [0.15, 0.2) is 18.2 Å². The Morgan fingerprint density at radius 1 is 1.19 bits per heavy atom. The number of methoxy groups -OCH3 is 1. The van der Waals surface area contributed by atoms with Gasteiger partial charge in [0.1, 0.15) is 5.75 Å². The Labute approximate surface area is 127 Å². The summed E-state index contributed by atoms with van der Waals surface area (Å²) in [7, 11) is 1.68. The maximum atomic E-state index is 12.8. The van der Waals surface area contributed by atoms with E-state index in [2.05, 4.69) is 4.90 Å². The highest BCUT2D eigenvalue weighted by Gasteiger charge is 2.25. The Balaban J connectivity index is 1.76. The van der Waals surface area contributed by atoms with Crippen molar-refractivity contribution >= 4 is 5.91 Å². The molecule has 0 radical (unpaired) electrons. The lowest BCUT2D eigenvalue weighted by Gasteiger charge is -2.29.